The van der Waals surface area contributed by atoms with Crippen molar-refractivity contribution in [1.29, 1.82) is 0 Å². The van der Waals surface area contributed by atoms with Crippen molar-refractivity contribution in [3.8, 4) is 5.75 Å². The van der Waals surface area contributed by atoms with E-state index in [-0.39, 0.29) is 12.5 Å². The fourth-order valence-corrected chi connectivity index (χ4v) is 4.10. The number of halogens is 1. The molecule has 0 radical (unpaired) electrons. The van der Waals surface area contributed by atoms with Crippen LogP contribution in [0, 0.1) is 13.8 Å². The lowest BCUT2D eigenvalue weighted by Crippen LogP contribution is -2.49. The summed E-state index contributed by atoms with van der Waals surface area (Å²) in [5.74, 6) is 0.242. The van der Waals surface area contributed by atoms with E-state index < -0.39 is 5.63 Å². The molecule has 1 saturated heterocycles. The van der Waals surface area contributed by atoms with E-state index >= 15 is 0 Å². The molecule has 0 bridgehead atoms. The molecule has 0 saturated carbocycles. The minimum atomic E-state index is -0.433. The van der Waals surface area contributed by atoms with E-state index in [2.05, 4.69) is 36.1 Å². The van der Waals surface area contributed by atoms with Gasteiger partial charge in [-0.3, -0.25) is 9.69 Å². The molecule has 1 aliphatic heterocycles. The summed E-state index contributed by atoms with van der Waals surface area (Å²) in [6.45, 7) is 7.65. The molecule has 1 amide bonds. The lowest BCUT2D eigenvalue weighted by molar-refractivity contribution is -0.135. The third kappa shape index (κ3) is 5.09. The second-order valence-electron chi connectivity index (χ2n) is 7.96. The number of ether oxygens (including phenoxy) is 1. The number of carbonyl (C=O) groups is 1. The van der Waals surface area contributed by atoms with Crippen LogP contribution in [-0.2, 0) is 11.3 Å². The predicted molar refractivity (Wildman–Crippen MR) is 121 cm³/mol. The minimum Gasteiger partial charge on any atom is -0.482 e. The molecule has 2 aromatic carbocycles. The van der Waals surface area contributed by atoms with Crippen LogP contribution in [0.3, 0.4) is 0 Å². The Balaban J connectivity index is 1.33. The summed E-state index contributed by atoms with van der Waals surface area (Å²) in [4.78, 5) is 28.4. The Hall–Kier alpha value is -2.83. The van der Waals surface area contributed by atoms with E-state index in [1.807, 2.05) is 11.8 Å². The van der Waals surface area contributed by atoms with Crippen LogP contribution >= 0.6 is 11.6 Å². The smallest absolute Gasteiger partial charge is 0.336 e. The van der Waals surface area contributed by atoms with Crippen molar-refractivity contribution in [3.63, 3.8) is 0 Å². The summed E-state index contributed by atoms with van der Waals surface area (Å²) in [7, 11) is 0. The number of benzene rings is 2. The maximum atomic E-state index is 12.6. The van der Waals surface area contributed by atoms with Crippen LogP contribution in [0.1, 0.15) is 16.7 Å². The highest BCUT2D eigenvalue weighted by Gasteiger charge is 2.22. The molecule has 1 aliphatic rings. The number of fused-ring (bicyclic) bond motifs is 1. The van der Waals surface area contributed by atoms with Crippen LogP contribution in [0.2, 0.25) is 5.02 Å². The topological polar surface area (TPSA) is 63.0 Å². The first-order valence-corrected chi connectivity index (χ1v) is 10.7. The summed E-state index contributed by atoms with van der Waals surface area (Å²) in [6.07, 6.45) is 0. The zero-order valence-electron chi connectivity index (χ0n) is 17.7. The Labute approximate surface area is 186 Å². The highest BCUT2D eigenvalue weighted by atomic mass is 35.5. The van der Waals surface area contributed by atoms with Crippen molar-refractivity contribution in [2.24, 2.45) is 0 Å². The number of carbonyl (C=O) groups excluding carboxylic acids is 1. The Morgan fingerprint density at radius 3 is 2.61 bits per heavy atom. The number of hydrogen-bond donors (Lipinski definition) is 0. The van der Waals surface area contributed by atoms with Gasteiger partial charge in [0.05, 0.1) is 5.02 Å². The van der Waals surface area contributed by atoms with Gasteiger partial charge in [-0.1, -0.05) is 41.4 Å². The molecule has 31 heavy (non-hydrogen) atoms. The highest BCUT2D eigenvalue weighted by Crippen LogP contribution is 2.31. The molecule has 0 atom stereocenters. The predicted octanol–water partition coefficient (Wildman–Crippen LogP) is 3.79. The maximum absolute atomic E-state index is 12.6. The van der Waals surface area contributed by atoms with Crippen LogP contribution in [-0.4, -0.2) is 48.5 Å². The van der Waals surface area contributed by atoms with Crippen molar-refractivity contribution in [2.75, 3.05) is 32.8 Å². The number of hydrogen-bond acceptors (Lipinski definition) is 5. The van der Waals surface area contributed by atoms with Gasteiger partial charge in [-0.2, -0.15) is 0 Å². The SMILES string of the molecule is Cc1cccc(CN2CCN(C(=O)COc3cc4oc(=O)cc(C)c4cc3Cl)CC2)c1. The van der Waals surface area contributed by atoms with Crippen molar-refractivity contribution >= 4 is 28.5 Å². The molecular formula is C24H25ClN2O4. The Morgan fingerprint density at radius 2 is 1.87 bits per heavy atom. The van der Waals surface area contributed by atoms with Gasteiger partial charge in [-0.15, -0.1) is 0 Å². The number of aryl methyl sites for hydroxylation is 2. The van der Waals surface area contributed by atoms with Gasteiger partial charge in [-0.25, -0.2) is 4.79 Å². The summed E-state index contributed by atoms with van der Waals surface area (Å²) in [5.41, 5.74) is 3.28. The van der Waals surface area contributed by atoms with E-state index in [1.54, 1.807) is 12.1 Å². The first-order chi connectivity index (χ1) is 14.9. The molecule has 0 N–H and O–H groups in total. The molecule has 0 unspecified atom stereocenters. The Bertz CT molecular complexity index is 1170. The minimum absolute atomic E-state index is 0.0861. The Kier molecular flexibility index (Phi) is 6.30. The van der Waals surface area contributed by atoms with Gasteiger partial charge in [0, 0.05) is 50.2 Å². The van der Waals surface area contributed by atoms with Crippen LogP contribution in [0.15, 0.2) is 51.7 Å². The summed E-state index contributed by atoms with van der Waals surface area (Å²) < 4.78 is 10.9. The molecule has 0 aliphatic carbocycles. The average Bonchev–Trinajstić information content (AvgIpc) is 2.73. The normalized spacial score (nSPS) is 14.7. The van der Waals surface area contributed by atoms with Gasteiger partial charge in [0.2, 0.25) is 0 Å². The highest BCUT2D eigenvalue weighted by molar-refractivity contribution is 6.32. The van der Waals surface area contributed by atoms with Gasteiger partial charge < -0.3 is 14.1 Å². The molecule has 3 aromatic rings. The van der Waals surface area contributed by atoms with Crippen molar-refractivity contribution in [1.82, 2.24) is 9.80 Å². The molecular weight excluding hydrogens is 416 g/mol. The monoisotopic (exact) mass is 440 g/mol. The standard InChI is InChI=1S/C24H25ClN2O4/c1-16-4-3-5-18(10-16)14-26-6-8-27(9-7-26)23(28)15-30-22-13-21-19(12-20(22)25)17(2)11-24(29)31-21/h3-5,10-13H,6-9,14-15H2,1-2H3. The van der Waals surface area contributed by atoms with Crippen molar-refractivity contribution in [2.45, 2.75) is 20.4 Å². The summed E-state index contributed by atoms with van der Waals surface area (Å²) in [6, 6.07) is 13.2. The van der Waals surface area contributed by atoms with Crippen LogP contribution in [0.4, 0.5) is 0 Å². The molecule has 7 heteroatoms. The molecule has 2 heterocycles. The average molecular weight is 441 g/mol. The third-order valence-electron chi connectivity index (χ3n) is 5.57. The zero-order chi connectivity index (χ0) is 22.0. The third-order valence-corrected chi connectivity index (χ3v) is 5.86. The lowest BCUT2D eigenvalue weighted by Gasteiger charge is -2.34. The first kappa shape index (κ1) is 21.4. The second kappa shape index (κ2) is 9.12. The van der Waals surface area contributed by atoms with Gasteiger partial charge in [-0.05, 0) is 31.0 Å². The number of rotatable bonds is 5. The van der Waals surface area contributed by atoms with Crippen LogP contribution < -0.4 is 10.4 Å². The van der Waals surface area contributed by atoms with Gasteiger partial charge >= 0.3 is 5.63 Å². The molecule has 4 rings (SSSR count). The van der Waals surface area contributed by atoms with E-state index in [4.69, 9.17) is 20.8 Å². The molecule has 0 spiro atoms. The quantitative estimate of drug-likeness (QED) is 0.565. The molecule has 162 valence electrons. The van der Waals surface area contributed by atoms with Crippen molar-refractivity contribution < 1.29 is 13.9 Å². The lowest BCUT2D eigenvalue weighted by atomic mass is 10.1. The number of nitrogens with zero attached hydrogens (tertiary/aromatic N) is 2. The second-order valence-corrected chi connectivity index (χ2v) is 8.37. The Morgan fingerprint density at radius 1 is 1.10 bits per heavy atom. The van der Waals surface area contributed by atoms with Crippen molar-refractivity contribution in [3.05, 3.63) is 74.6 Å². The van der Waals surface area contributed by atoms with E-state index in [0.29, 0.717) is 29.4 Å². The molecule has 1 aromatic heterocycles. The molecule has 1 fully saturated rings. The summed E-state index contributed by atoms with van der Waals surface area (Å²) in [5, 5.41) is 1.12. The van der Waals surface area contributed by atoms with E-state index in [0.717, 1.165) is 30.6 Å². The van der Waals surface area contributed by atoms with E-state index in [1.165, 1.54) is 17.2 Å². The van der Waals surface area contributed by atoms with Gasteiger partial charge in [0.1, 0.15) is 11.3 Å². The first-order valence-electron chi connectivity index (χ1n) is 10.3. The fourth-order valence-electron chi connectivity index (χ4n) is 3.89. The fraction of sp³-hybridized carbons (Fsp3) is 0.333. The van der Waals surface area contributed by atoms with Gasteiger partial charge in [0.25, 0.3) is 5.91 Å². The van der Waals surface area contributed by atoms with E-state index in [9.17, 15) is 9.59 Å². The zero-order valence-corrected chi connectivity index (χ0v) is 18.4. The van der Waals surface area contributed by atoms with Gasteiger partial charge in [0.15, 0.2) is 6.61 Å². The number of piperazine rings is 1. The largest absolute Gasteiger partial charge is 0.482 e. The summed E-state index contributed by atoms with van der Waals surface area (Å²) >= 11 is 6.32. The maximum Gasteiger partial charge on any atom is 0.336 e. The van der Waals surface area contributed by atoms with Crippen LogP contribution in [0.5, 0.6) is 5.75 Å². The number of amides is 1. The van der Waals surface area contributed by atoms with Crippen LogP contribution in [0.25, 0.3) is 11.0 Å². The molecule has 6 nitrogen and oxygen atoms in total.